The zero-order valence-corrected chi connectivity index (χ0v) is 15.1. The fourth-order valence-electron chi connectivity index (χ4n) is 2.49. The summed E-state index contributed by atoms with van der Waals surface area (Å²) in [5.74, 6) is -0.368. The Kier molecular flexibility index (Phi) is 5.56. The molecule has 0 spiro atoms. The van der Waals surface area contributed by atoms with Gasteiger partial charge in [0.05, 0.1) is 9.85 Å². The van der Waals surface area contributed by atoms with E-state index in [1.807, 2.05) is 0 Å². The molecule has 10 nitrogen and oxygen atoms in total. The molecule has 0 fully saturated rings. The Bertz CT molecular complexity index is 895. The highest BCUT2D eigenvalue weighted by Crippen LogP contribution is 2.24. The number of hydrogen-bond acceptors (Lipinski definition) is 6. The second-order valence-corrected chi connectivity index (χ2v) is 6.12. The van der Waals surface area contributed by atoms with Crippen LogP contribution in [-0.2, 0) is 17.9 Å². The van der Waals surface area contributed by atoms with Gasteiger partial charge in [0.15, 0.2) is 0 Å². The average molecular weight is 382 g/mol. The van der Waals surface area contributed by atoms with Gasteiger partial charge in [0, 0.05) is 30.7 Å². The van der Waals surface area contributed by atoms with Gasteiger partial charge in [-0.15, -0.1) is 0 Å². The molecule has 0 atom stereocenters. The van der Waals surface area contributed by atoms with Crippen LogP contribution in [0.15, 0.2) is 18.2 Å². The summed E-state index contributed by atoms with van der Waals surface area (Å²) in [6.07, 6.45) is 0. The van der Waals surface area contributed by atoms with Crippen LogP contribution in [0.4, 0.5) is 11.4 Å². The third kappa shape index (κ3) is 3.97. The second kappa shape index (κ2) is 7.48. The van der Waals surface area contributed by atoms with Crippen LogP contribution < -0.4 is 0 Å². The molecule has 0 saturated carbocycles. The Balaban J connectivity index is 2.16. The van der Waals surface area contributed by atoms with Gasteiger partial charge in [-0.25, -0.2) is 0 Å². The number of likely N-dealkylation sites (N-methyl/N-ethyl adjacent to an activating group) is 1. The van der Waals surface area contributed by atoms with Crippen LogP contribution in [0.2, 0.25) is 5.02 Å². The van der Waals surface area contributed by atoms with Crippen molar-refractivity contribution in [2.45, 2.75) is 26.9 Å². The average Bonchev–Trinajstić information content (AvgIpc) is 2.82. The summed E-state index contributed by atoms with van der Waals surface area (Å²) in [5.41, 5.74) is 0.685. The van der Waals surface area contributed by atoms with E-state index in [0.717, 1.165) is 0 Å². The molecule has 2 aromatic rings. The Morgan fingerprint density at radius 3 is 2.46 bits per heavy atom. The van der Waals surface area contributed by atoms with Crippen LogP contribution in [-0.4, -0.2) is 37.5 Å². The number of aromatic nitrogens is 2. The molecule has 0 aliphatic rings. The van der Waals surface area contributed by atoms with Crippen LogP contribution in [0.1, 0.15) is 17.0 Å². The lowest BCUT2D eigenvalue weighted by molar-refractivity contribution is -0.386. The fraction of sp³-hybridized carbons (Fsp3) is 0.333. The van der Waals surface area contributed by atoms with Crippen molar-refractivity contribution >= 4 is 28.9 Å². The summed E-state index contributed by atoms with van der Waals surface area (Å²) >= 11 is 6.04. The molecule has 0 aliphatic carbocycles. The van der Waals surface area contributed by atoms with Crippen molar-refractivity contribution in [3.05, 3.63) is 60.4 Å². The van der Waals surface area contributed by atoms with E-state index in [-0.39, 0.29) is 41.8 Å². The molecule has 1 aromatic heterocycles. The molecule has 138 valence electrons. The normalized spacial score (nSPS) is 10.6. The number of non-ortho nitro benzene ring substituents is 1. The minimum atomic E-state index is -0.545. The molecule has 1 amide bonds. The van der Waals surface area contributed by atoms with Crippen LogP contribution in [0.25, 0.3) is 0 Å². The van der Waals surface area contributed by atoms with Crippen LogP contribution >= 0.6 is 11.6 Å². The highest BCUT2D eigenvalue weighted by Gasteiger charge is 2.24. The van der Waals surface area contributed by atoms with Crippen LogP contribution in [0, 0.1) is 34.1 Å². The number of nitrogens with zero attached hydrogens (tertiary/aromatic N) is 5. The summed E-state index contributed by atoms with van der Waals surface area (Å²) in [6, 6.07) is 3.99. The van der Waals surface area contributed by atoms with E-state index < -0.39 is 9.85 Å². The molecular weight excluding hydrogens is 366 g/mol. The first-order valence-corrected chi connectivity index (χ1v) is 7.84. The second-order valence-electron chi connectivity index (χ2n) is 5.72. The maximum atomic E-state index is 12.4. The lowest BCUT2D eigenvalue weighted by Crippen LogP contribution is -2.30. The predicted octanol–water partition coefficient (Wildman–Crippen LogP) is 2.63. The fourth-order valence-corrected chi connectivity index (χ4v) is 2.67. The van der Waals surface area contributed by atoms with E-state index in [2.05, 4.69) is 5.10 Å². The molecule has 0 aliphatic heterocycles. The number of aryl methyl sites for hydroxylation is 1. The van der Waals surface area contributed by atoms with E-state index >= 15 is 0 Å². The minimum Gasteiger partial charge on any atom is -0.340 e. The first kappa shape index (κ1) is 19.3. The highest BCUT2D eigenvalue weighted by molar-refractivity contribution is 6.31. The Hall–Kier alpha value is -3.01. The van der Waals surface area contributed by atoms with Gasteiger partial charge in [0.2, 0.25) is 5.91 Å². The number of amides is 1. The first-order valence-electron chi connectivity index (χ1n) is 7.47. The maximum Gasteiger partial charge on any atom is 0.312 e. The van der Waals surface area contributed by atoms with Gasteiger partial charge in [0.25, 0.3) is 5.69 Å². The zero-order chi connectivity index (χ0) is 19.6. The molecule has 1 aromatic carbocycles. The molecule has 0 N–H and O–H groups in total. The van der Waals surface area contributed by atoms with Crippen molar-refractivity contribution in [3.8, 4) is 0 Å². The van der Waals surface area contributed by atoms with Crippen molar-refractivity contribution in [2.75, 3.05) is 7.05 Å². The van der Waals surface area contributed by atoms with Gasteiger partial charge in [0.1, 0.15) is 17.9 Å². The number of halogens is 1. The molecule has 0 unspecified atom stereocenters. The van der Waals surface area contributed by atoms with Gasteiger partial charge in [-0.2, -0.15) is 5.10 Å². The van der Waals surface area contributed by atoms with E-state index in [1.165, 1.54) is 48.7 Å². The molecule has 1 heterocycles. The molecule has 0 radical (unpaired) electrons. The summed E-state index contributed by atoms with van der Waals surface area (Å²) in [6.45, 7) is 2.88. The first-order chi connectivity index (χ1) is 12.1. The number of hydrogen-bond donors (Lipinski definition) is 0. The van der Waals surface area contributed by atoms with Crippen LogP contribution in [0.5, 0.6) is 0 Å². The van der Waals surface area contributed by atoms with Crippen molar-refractivity contribution in [3.63, 3.8) is 0 Å². The Morgan fingerprint density at radius 1 is 1.27 bits per heavy atom. The third-order valence-electron chi connectivity index (χ3n) is 3.88. The monoisotopic (exact) mass is 381 g/mol. The van der Waals surface area contributed by atoms with Gasteiger partial charge >= 0.3 is 5.69 Å². The summed E-state index contributed by atoms with van der Waals surface area (Å²) in [4.78, 5) is 34.5. The van der Waals surface area contributed by atoms with Crippen molar-refractivity contribution in [1.29, 1.82) is 0 Å². The maximum absolute atomic E-state index is 12.4. The number of carbonyl (C=O) groups excluding carboxylic acids is 1. The summed E-state index contributed by atoms with van der Waals surface area (Å²) < 4.78 is 1.27. The minimum absolute atomic E-state index is 0.0563. The van der Waals surface area contributed by atoms with Gasteiger partial charge in [-0.3, -0.25) is 29.7 Å². The van der Waals surface area contributed by atoms with E-state index in [9.17, 15) is 25.0 Å². The molecule has 11 heteroatoms. The lowest BCUT2D eigenvalue weighted by Gasteiger charge is -2.18. The molecule has 0 bridgehead atoms. The summed E-state index contributed by atoms with van der Waals surface area (Å²) in [5, 5.41) is 26.2. The molecule has 26 heavy (non-hydrogen) atoms. The number of nitro groups is 2. The summed E-state index contributed by atoms with van der Waals surface area (Å²) in [7, 11) is 1.51. The van der Waals surface area contributed by atoms with E-state index in [0.29, 0.717) is 10.6 Å². The smallest absolute Gasteiger partial charge is 0.312 e. The largest absolute Gasteiger partial charge is 0.340 e. The van der Waals surface area contributed by atoms with Crippen molar-refractivity contribution in [1.82, 2.24) is 14.7 Å². The SMILES string of the molecule is Cc1nn(CC(=O)N(C)Cc2cc([N+](=O)[O-])ccc2Cl)c(C)c1[N+](=O)[O-]. The van der Waals surface area contributed by atoms with E-state index in [4.69, 9.17) is 11.6 Å². The number of benzene rings is 1. The molecule has 2 rings (SSSR count). The van der Waals surface area contributed by atoms with Crippen molar-refractivity contribution < 1.29 is 14.6 Å². The van der Waals surface area contributed by atoms with Crippen LogP contribution in [0.3, 0.4) is 0 Å². The Labute approximate surface area is 153 Å². The van der Waals surface area contributed by atoms with Crippen molar-refractivity contribution in [2.24, 2.45) is 0 Å². The van der Waals surface area contributed by atoms with Gasteiger partial charge in [-0.1, -0.05) is 11.6 Å². The highest BCUT2D eigenvalue weighted by atomic mass is 35.5. The van der Waals surface area contributed by atoms with Gasteiger partial charge < -0.3 is 4.90 Å². The number of rotatable bonds is 6. The predicted molar refractivity (Wildman–Crippen MR) is 92.9 cm³/mol. The molecule has 0 saturated heterocycles. The standard InChI is InChI=1S/C15H16ClN5O5/c1-9-15(21(25)26)10(2)19(17-9)8-14(22)18(3)7-11-6-12(20(23)24)4-5-13(11)16/h4-6H,7-8H2,1-3H3. The number of nitro benzene ring substituents is 1. The quantitative estimate of drug-likeness (QED) is 0.559. The third-order valence-corrected chi connectivity index (χ3v) is 4.25. The zero-order valence-electron chi connectivity index (χ0n) is 14.3. The van der Waals surface area contributed by atoms with E-state index in [1.54, 1.807) is 0 Å². The number of carbonyl (C=O) groups is 1. The lowest BCUT2D eigenvalue weighted by atomic mass is 10.2. The van der Waals surface area contributed by atoms with Gasteiger partial charge in [-0.05, 0) is 25.5 Å². The molecular formula is C15H16ClN5O5. The topological polar surface area (TPSA) is 124 Å². The Morgan fingerprint density at radius 2 is 1.92 bits per heavy atom.